The summed E-state index contributed by atoms with van der Waals surface area (Å²) in [6.45, 7) is 3.82. The van der Waals surface area contributed by atoms with Gasteiger partial charge in [0.15, 0.2) is 5.82 Å². The monoisotopic (exact) mass is 561 g/mol. The molecule has 4 aromatic rings. The number of pyridine rings is 1. The van der Waals surface area contributed by atoms with Crippen LogP contribution < -0.4 is 10.2 Å². The van der Waals surface area contributed by atoms with Gasteiger partial charge in [0, 0.05) is 31.8 Å². The maximum atomic E-state index is 13.8. The molecule has 1 N–H and O–H groups in total. The number of nitriles is 1. The average molecular weight is 562 g/mol. The fraction of sp³-hybridized carbons (Fsp3) is 0.276. The first kappa shape index (κ1) is 27.8. The number of halogens is 3. The first-order valence-corrected chi connectivity index (χ1v) is 12.6. The molecule has 0 aliphatic carbocycles. The Balaban J connectivity index is 1.67. The molecule has 210 valence electrons. The Morgan fingerprint density at radius 1 is 1.10 bits per heavy atom. The number of fused-ring (bicyclic) bond motifs is 1. The zero-order chi connectivity index (χ0) is 29.5. The molecule has 1 aliphatic rings. The lowest BCUT2D eigenvalue weighted by Gasteiger charge is -2.24. The molecule has 0 spiro atoms. The predicted molar refractivity (Wildman–Crippen MR) is 146 cm³/mol. The second kappa shape index (κ2) is 10.3. The van der Waals surface area contributed by atoms with E-state index in [0.717, 1.165) is 6.07 Å². The maximum absolute atomic E-state index is 13.8. The number of anilines is 2. The number of benzene rings is 2. The third kappa shape index (κ3) is 5.36. The van der Waals surface area contributed by atoms with Gasteiger partial charge in [-0.05, 0) is 73.0 Å². The summed E-state index contributed by atoms with van der Waals surface area (Å²) in [6.07, 6.45) is -3.06. The van der Waals surface area contributed by atoms with Crippen molar-refractivity contribution in [3.63, 3.8) is 0 Å². The van der Waals surface area contributed by atoms with Crippen molar-refractivity contribution in [2.75, 3.05) is 23.9 Å². The number of aryl methyl sites for hydroxylation is 1. The molecule has 1 amide bonds. The minimum absolute atomic E-state index is 0.0201. The van der Waals surface area contributed by atoms with Gasteiger partial charge in [-0.1, -0.05) is 6.07 Å². The Kier molecular flexibility index (Phi) is 7.00. The van der Waals surface area contributed by atoms with Gasteiger partial charge in [-0.3, -0.25) is 9.69 Å². The normalized spacial score (nSPS) is 13.3. The van der Waals surface area contributed by atoms with Crippen molar-refractivity contribution >= 4 is 17.5 Å². The molecule has 41 heavy (non-hydrogen) atoms. The largest absolute Gasteiger partial charge is 0.416 e. The number of carbonyl (C=O) groups excluding carboxylic acids is 1. The highest BCUT2D eigenvalue weighted by molar-refractivity contribution is 6.10. The van der Waals surface area contributed by atoms with Crippen LogP contribution in [0.15, 0.2) is 54.9 Å². The molecule has 0 atom stereocenters. The number of hydrogen-bond donors (Lipinski definition) is 1. The molecular formula is C29H26F3N7O2. The average Bonchev–Trinajstić information content (AvgIpc) is 3.53. The Morgan fingerprint density at radius 2 is 1.88 bits per heavy atom. The Labute approximate surface area is 234 Å². The van der Waals surface area contributed by atoms with Crippen LogP contribution in [-0.4, -0.2) is 44.9 Å². The zero-order valence-corrected chi connectivity index (χ0v) is 22.7. The van der Waals surface area contributed by atoms with Crippen LogP contribution in [0.25, 0.3) is 22.5 Å². The third-order valence-corrected chi connectivity index (χ3v) is 7.02. The van der Waals surface area contributed by atoms with Crippen LogP contribution in [0, 0.1) is 11.3 Å². The van der Waals surface area contributed by atoms with Gasteiger partial charge >= 0.3 is 6.18 Å². The van der Waals surface area contributed by atoms with Gasteiger partial charge in [0.05, 0.1) is 29.3 Å². The Hall–Kier alpha value is -4.76. The number of aromatic nitrogens is 4. The third-order valence-electron chi connectivity index (χ3n) is 7.02. The molecule has 2 aromatic carbocycles. The smallest absolute Gasteiger partial charge is 0.377 e. The SMILES string of the molecule is COC(C)(C)CNc1cc(-c2cc(C#N)ccc2-c2nncn2C)cc(N2Cc3c(cccc3C(F)(F)F)C2=O)n1. The second-order valence-corrected chi connectivity index (χ2v) is 10.3. The molecule has 2 aromatic heterocycles. The van der Waals surface area contributed by atoms with E-state index in [9.17, 15) is 23.2 Å². The molecular weight excluding hydrogens is 535 g/mol. The molecule has 9 nitrogen and oxygen atoms in total. The van der Waals surface area contributed by atoms with E-state index in [-0.39, 0.29) is 23.5 Å². The highest BCUT2D eigenvalue weighted by atomic mass is 19.4. The van der Waals surface area contributed by atoms with Crippen LogP contribution in [0.2, 0.25) is 0 Å². The standard InChI is InChI=1S/C29H26F3N7O2/c1-28(2,41-4)15-34-24-11-18(21-10-17(13-33)8-9-19(21)26-37-35-16-38(26)3)12-25(36-24)39-14-22-20(27(39)40)6-5-7-23(22)29(30,31)32/h5-12,16H,14-15H2,1-4H3,(H,34,36). The van der Waals surface area contributed by atoms with E-state index in [1.54, 1.807) is 55.4 Å². The number of ether oxygens (including phenoxy) is 1. The molecule has 5 rings (SSSR count). The van der Waals surface area contributed by atoms with Crippen LogP contribution in [-0.2, 0) is 24.5 Å². The fourth-order valence-corrected chi connectivity index (χ4v) is 4.63. The highest BCUT2D eigenvalue weighted by Crippen LogP contribution is 2.40. The molecule has 3 heterocycles. The van der Waals surface area contributed by atoms with Gasteiger partial charge in [-0.15, -0.1) is 10.2 Å². The van der Waals surface area contributed by atoms with Crippen molar-refractivity contribution in [3.05, 3.63) is 77.1 Å². The lowest BCUT2D eigenvalue weighted by atomic mass is 9.97. The van der Waals surface area contributed by atoms with Gasteiger partial charge in [0.2, 0.25) is 0 Å². The van der Waals surface area contributed by atoms with Crippen LogP contribution in [0.4, 0.5) is 24.8 Å². The minimum atomic E-state index is -4.61. The molecule has 12 heteroatoms. The van der Waals surface area contributed by atoms with Gasteiger partial charge in [0.1, 0.15) is 18.0 Å². The topological polar surface area (TPSA) is 109 Å². The molecule has 0 bridgehead atoms. The summed E-state index contributed by atoms with van der Waals surface area (Å²) in [4.78, 5) is 19.3. The quantitative estimate of drug-likeness (QED) is 0.320. The first-order chi connectivity index (χ1) is 19.4. The minimum Gasteiger partial charge on any atom is -0.377 e. The fourth-order valence-electron chi connectivity index (χ4n) is 4.63. The number of amides is 1. The molecule has 0 radical (unpaired) electrons. The van der Waals surface area contributed by atoms with Gasteiger partial charge in [0.25, 0.3) is 5.91 Å². The number of nitrogens with zero attached hydrogens (tertiary/aromatic N) is 6. The zero-order valence-electron chi connectivity index (χ0n) is 22.7. The van der Waals surface area contributed by atoms with E-state index in [2.05, 4.69) is 26.6 Å². The van der Waals surface area contributed by atoms with Crippen molar-refractivity contribution < 1.29 is 22.7 Å². The maximum Gasteiger partial charge on any atom is 0.416 e. The predicted octanol–water partition coefficient (Wildman–Crippen LogP) is 5.43. The summed E-state index contributed by atoms with van der Waals surface area (Å²) < 4.78 is 48.5. The molecule has 0 saturated carbocycles. The number of alkyl halides is 3. The van der Waals surface area contributed by atoms with E-state index in [1.165, 1.54) is 17.0 Å². The van der Waals surface area contributed by atoms with Crippen LogP contribution in [0.5, 0.6) is 0 Å². The van der Waals surface area contributed by atoms with Crippen molar-refractivity contribution in [1.29, 1.82) is 5.26 Å². The summed E-state index contributed by atoms with van der Waals surface area (Å²) in [7, 11) is 3.36. The number of rotatable bonds is 7. The van der Waals surface area contributed by atoms with Crippen molar-refractivity contribution in [2.45, 2.75) is 32.2 Å². The van der Waals surface area contributed by atoms with Crippen molar-refractivity contribution in [3.8, 4) is 28.6 Å². The molecule has 0 fully saturated rings. The summed E-state index contributed by atoms with van der Waals surface area (Å²) in [5, 5.41) is 21.0. The summed E-state index contributed by atoms with van der Waals surface area (Å²) in [5.41, 5.74) is 0.698. The van der Waals surface area contributed by atoms with E-state index in [1.807, 2.05) is 13.8 Å². The van der Waals surface area contributed by atoms with Gasteiger partial charge < -0.3 is 14.6 Å². The Bertz CT molecular complexity index is 1690. The number of carbonyl (C=O) groups is 1. The highest BCUT2D eigenvalue weighted by Gasteiger charge is 2.40. The van der Waals surface area contributed by atoms with Gasteiger partial charge in [-0.2, -0.15) is 18.4 Å². The van der Waals surface area contributed by atoms with E-state index in [4.69, 9.17) is 4.74 Å². The van der Waals surface area contributed by atoms with E-state index >= 15 is 0 Å². The van der Waals surface area contributed by atoms with E-state index in [0.29, 0.717) is 40.4 Å². The van der Waals surface area contributed by atoms with Crippen LogP contribution in [0.3, 0.4) is 0 Å². The first-order valence-electron chi connectivity index (χ1n) is 12.6. The number of nitrogens with one attached hydrogen (secondary N) is 1. The van der Waals surface area contributed by atoms with Gasteiger partial charge in [-0.25, -0.2) is 4.98 Å². The summed E-state index contributed by atoms with van der Waals surface area (Å²) >= 11 is 0. The molecule has 0 unspecified atom stereocenters. The van der Waals surface area contributed by atoms with E-state index < -0.39 is 23.2 Å². The molecule has 1 aliphatic heterocycles. The second-order valence-electron chi connectivity index (χ2n) is 10.3. The summed E-state index contributed by atoms with van der Waals surface area (Å²) in [6, 6.07) is 14.2. The number of hydrogen-bond acceptors (Lipinski definition) is 7. The van der Waals surface area contributed by atoms with Crippen molar-refractivity contribution in [1.82, 2.24) is 19.7 Å². The lowest BCUT2D eigenvalue weighted by Crippen LogP contribution is -2.32. The summed E-state index contributed by atoms with van der Waals surface area (Å²) in [5.74, 6) is 0.477. The van der Waals surface area contributed by atoms with Crippen LogP contribution >= 0.6 is 0 Å². The lowest BCUT2D eigenvalue weighted by molar-refractivity contribution is -0.138. The molecule has 0 saturated heterocycles. The Morgan fingerprint density at radius 3 is 2.54 bits per heavy atom. The number of methoxy groups -OCH3 is 1. The van der Waals surface area contributed by atoms with Crippen molar-refractivity contribution in [2.24, 2.45) is 7.05 Å². The van der Waals surface area contributed by atoms with Crippen LogP contribution in [0.1, 0.15) is 40.9 Å².